The van der Waals surface area contributed by atoms with E-state index in [0.29, 0.717) is 43.6 Å². The first-order chi connectivity index (χ1) is 16.9. The van der Waals surface area contributed by atoms with Crippen molar-refractivity contribution < 1.29 is 23.7 Å². The van der Waals surface area contributed by atoms with Crippen LogP contribution in [-0.4, -0.2) is 25.0 Å². The van der Waals surface area contributed by atoms with Gasteiger partial charge in [-0.3, -0.25) is 15.1 Å². The molecular formula is C25H18Cl2N2O5S. The molecule has 35 heavy (non-hydrogen) atoms. The number of halogens is 2. The van der Waals surface area contributed by atoms with Gasteiger partial charge in [0.15, 0.2) is 28.2 Å². The summed E-state index contributed by atoms with van der Waals surface area (Å²) in [7, 11) is 1.54. The van der Waals surface area contributed by atoms with Gasteiger partial charge in [0.2, 0.25) is 6.79 Å². The molecule has 3 aromatic carbocycles. The number of amidine groups is 1. The Kier molecular flexibility index (Phi) is 6.51. The van der Waals surface area contributed by atoms with Gasteiger partial charge in [0.05, 0.1) is 17.7 Å². The van der Waals surface area contributed by atoms with E-state index in [1.807, 2.05) is 6.07 Å². The highest BCUT2D eigenvalue weighted by molar-refractivity contribution is 8.19. The van der Waals surface area contributed by atoms with E-state index in [4.69, 9.17) is 47.6 Å². The minimum absolute atomic E-state index is 0.104. The molecule has 2 aliphatic rings. The zero-order chi connectivity index (χ0) is 24.5. The first kappa shape index (κ1) is 23.4. The zero-order valence-corrected chi connectivity index (χ0v) is 20.7. The van der Waals surface area contributed by atoms with Crippen LogP contribution in [0.2, 0.25) is 10.0 Å². The summed E-state index contributed by atoms with van der Waals surface area (Å²) in [6, 6.07) is 15.7. The fourth-order valence-electron chi connectivity index (χ4n) is 3.58. The van der Waals surface area contributed by atoms with Crippen molar-refractivity contribution in [2.75, 3.05) is 18.8 Å². The number of nitrogens with one attached hydrogen (secondary N) is 1. The second kappa shape index (κ2) is 9.73. The van der Waals surface area contributed by atoms with Crippen LogP contribution in [0.1, 0.15) is 11.1 Å². The van der Waals surface area contributed by atoms with E-state index >= 15 is 0 Å². The smallest absolute Gasteiger partial charge is 0.271 e. The predicted octanol–water partition coefficient (Wildman–Crippen LogP) is 6.37. The summed E-state index contributed by atoms with van der Waals surface area (Å²) in [5.74, 6) is 1.90. The molecule has 10 heteroatoms. The van der Waals surface area contributed by atoms with Gasteiger partial charge in [-0.25, -0.2) is 0 Å². The number of anilines is 1. The highest BCUT2D eigenvalue weighted by atomic mass is 35.5. The lowest BCUT2D eigenvalue weighted by Gasteiger charge is -2.14. The van der Waals surface area contributed by atoms with Crippen molar-refractivity contribution in [3.05, 3.63) is 80.7 Å². The summed E-state index contributed by atoms with van der Waals surface area (Å²) in [5, 5.41) is 9.51. The predicted molar refractivity (Wildman–Crippen MR) is 137 cm³/mol. The van der Waals surface area contributed by atoms with Gasteiger partial charge < -0.3 is 18.9 Å². The van der Waals surface area contributed by atoms with Gasteiger partial charge >= 0.3 is 0 Å². The number of carbonyl (C=O) groups excluding carboxylic acids is 1. The van der Waals surface area contributed by atoms with Gasteiger partial charge in [-0.2, -0.15) is 0 Å². The van der Waals surface area contributed by atoms with Crippen LogP contribution in [-0.2, 0) is 11.4 Å². The third-order valence-electron chi connectivity index (χ3n) is 5.32. The molecular weight excluding hydrogens is 511 g/mol. The zero-order valence-electron chi connectivity index (χ0n) is 18.3. The normalized spacial score (nSPS) is 15.7. The molecule has 0 radical (unpaired) electrons. The molecule has 1 amide bonds. The molecule has 1 saturated heterocycles. The fraction of sp³-hybridized carbons (Fsp3) is 0.120. The standard InChI is InChI=1S/C25H18Cl2N2O5S/c1-31-21-8-14(2-6-19(21)32-12-15-3-4-16(26)10-18(15)27)9-23-24(30)29(25(28)35-23)17-5-7-20-22(11-17)34-13-33-20/h2-11,28H,12-13H2,1H3/b23-9+,28-25?. The minimum Gasteiger partial charge on any atom is -0.493 e. The third-order valence-corrected chi connectivity index (χ3v) is 6.80. The molecule has 5 rings (SSSR count). The quantitative estimate of drug-likeness (QED) is 0.374. The molecule has 2 aliphatic heterocycles. The first-order valence-corrected chi connectivity index (χ1v) is 12.0. The van der Waals surface area contributed by atoms with Crippen LogP contribution >= 0.6 is 35.0 Å². The molecule has 0 spiro atoms. The van der Waals surface area contributed by atoms with E-state index in [2.05, 4.69) is 0 Å². The Balaban J connectivity index is 1.34. The number of nitrogens with zero attached hydrogens (tertiary/aromatic N) is 1. The van der Waals surface area contributed by atoms with E-state index in [9.17, 15) is 4.79 Å². The molecule has 1 fully saturated rings. The van der Waals surface area contributed by atoms with Crippen molar-refractivity contribution in [1.29, 1.82) is 5.41 Å². The summed E-state index contributed by atoms with van der Waals surface area (Å²) < 4.78 is 22.1. The van der Waals surface area contributed by atoms with Crippen LogP contribution < -0.4 is 23.8 Å². The lowest BCUT2D eigenvalue weighted by Crippen LogP contribution is -2.28. The average molecular weight is 529 g/mol. The van der Waals surface area contributed by atoms with Crippen LogP contribution in [0.4, 0.5) is 5.69 Å². The Hall–Kier alpha value is -3.33. The van der Waals surface area contributed by atoms with Crippen LogP contribution in [0.3, 0.4) is 0 Å². The molecule has 0 unspecified atom stereocenters. The fourth-order valence-corrected chi connectivity index (χ4v) is 4.91. The number of methoxy groups -OCH3 is 1. The summed E-state index contributed by atoms with van der Waals surface area (Å²) in [6.07, 6.45) is 1.72. The van der Waals surface area contributed by atoms with E-state index in [1.54, 1.807) is 61.7 Å². The number of carbonyl (C=O) groups is 1. The lowest BCUT2D eigenvalue weighted by molar-refractivity contribution is -0.113. The van der Waals surface area contributed by atoms with Crippen molar-refractivity contribution in [1.82, 2.24) is 0 Å². The van der Waals surface area contributed by atoms with Crippen molar-refractivity contribution >= 4 is 57.8 Å². The summed E-state index contributed by atoms with van der Waals surface area (Å²) in [6.45, 7) is 0.376. The molecule has 3 aromatic rings. The Bertz CT molecular complexity index is 1380. The Morgan fingerprint density at radius 2 is 1.89 bits per heavy atom. The molecule has 0 aliphatic carbocycles. The van der Waals surface area contributed by atoms with Gasteiger partial charge in [-0.1, -0.05) is 35.3 Å². The number of fused-ring (bicyclic) bond motifs is 1. The SMILES string of the molecule is COc1cc(/C=C2/SC(=N)N(c3ccc4c(c3)OCO4)C2=O)ccc1OCc1ccc(Cl)cc1Cl. The van der Waals surface area contributed by atoms with Crippen molar-refractivity contribution in [2.45, 2.75) is 6.61 Å². The van der Waals surface area contributed by atoms with E-state index in [0.717, 1.165) is 22.9 Å². The Labute approximate surface area is 215 Å². The molecule has 178 valence electrons. The maximum atomic E-state index is 13.1. The Morgan fingerprint density at radius 3 is 2.69 bits per heavy atom. The van der Waals surface area contributed by atoms with Crippen LogP contribution in [0.5, 0.6) is 23.0 Å². The number of thioether (sulfide) groups is 1. The molecule has 0 atom stereocenters. The van der Waals surface area contributed by atoms with Crippen LogP contribution in [0.25, 0.3) is 6.08 Å². The van der Waals surface area contributed by atoms with Crippen molar-refractivity contribution in [3.8, 4) is 23.0 Å². The number of rotatable bonds is 6. The molecule has 0 bridgehead atoms. The third kappa shape index (κ3) is 4.77. The summed E-state index contributed by atoms with van der Waals surface area (Å²) in [5.41, 5.74) is 2.07. The van der Waals surface area contributed by atoms with Gasteiger partial charge in [0, 0.05) is 21.7 Å². The van der Waals surface area contributed by atoms with Gasteiger partial charge in [-0.05, 0) is 59.8 Å². The number of ether oxygens (including phenoxy) is 4. The maximum Gasteiger partial charge on any atom is 0.271 e. The van der Waals surface area contributed by atoms with Gasteiger partial charge in [0.25, 0.3) is 5.91 Å². The van der Waals surface area contributed by atoms with Crippen molar-refractivity contribution in [3.63, 3.8) is 0 Å². The summed E-state index contributed by atoms with van der Waals surface area (Å²) >= 11 is 13.3. The van der Waals surface area contributed by atoms with Gasteiger partial charge in [-0.15, -0.1) is 0 Å². The second-order valence-electron chi connectivity index (χ2n) is 7.53. The topological polar surface area (TPSA) is 81.1 Å². The number of benzene rings is 3. The van der Waals surface area contributed by atoms with Crippen LogP contribution in [0.15, 0.2) is 59.5 Å². The lowest BCUT2D eigenvalue weighted by atomic mass is 10.1. The van der Waals surface area contributed by atoms with Crippen molar-refractivity contribution in [2.24, 2.45) is 0 Å². The van der Waals surface area contributed by atoms with E-state index in [-0.39, 0.29) is 24.5 Å². The number of hydrogen-bond acceptors (Lipinski definition) is 7. The molecule has 1 N–H and O–H groups in total. The first-order valence-electron chi connectivity index (χ1n) is 10.4. The molecule has 0 saturated carbocycles. The second-order valence-corrected chi connectivity index (χ2v) is 9.40. The number of amides is 1. The summed E-state index contributed by atoms with van der Waals surface area (Å²) in [4.78, 5) is 14.9. The van der Waals surface area contributed by atoms with E-state index in [1.165, 1.54) is 4.90 Å². The highest BCUT2D eigenvalue weighted by Gasteiger charge is 2.34. The van der Waals surface area contributed by atoms with E-state index < -0.39 is 0 Å². The van der Waals surface area contributed by atoms with Gasteiger partial charge in [0.1, 0.15) is 6.61 Å². The number of hydrogen-bond donors (Lipinski definition) is 1. The van der Waals surface area contributed by atoms with Crippen LogP contribution in [0, 0.1) is 5.41 Å². The maximum absolute atomic E-state index is 13.1. The Morgan fingerprint density at radius 1 is 1.06 bits per heavy atom. The minimum atomic E-state index is -0.296. The monoisotopic (exact) mass is 528 g/mol. The molecule has 2 heterocycles. The molecule has 0 aromatic heterocycles. The largest absolute Gasteiger partial charge is 0.493 e. The molecule has 7 nitrogen and oxygen atoms in total. The highest BCUT2D eigenvalue weighted by Crippen LogP contribution is 2.41. The average Bonchev–Trinajstić information content (AvgIpc) is 3.42.